The molecule has 0 heterocycles. The van der Waals surface area contributed by atoms with E-state index in [0.717, 1.165) is 31.2 Å². The van der Waals surface area contributed by atoms with Gasteiger partial charge in [0.1, 0.15) is 0 Å². The fraction of sp³-hybridized carbons (Fsp3) is 0.833. The highest BCUT2D eigenvalue weighted by Gasteiger charge is 2.20. The summed E-state index contributed by atoms with van der Waals surface area (Å²) < 4.78 is 0. The minimum absolute atomic E-state index is 0.911. The summed E-state index contributed by atoms with van der Waals surface area (Å²) >= 11 is 0. The zero-order valence-electron chi connectivity index (χ0n) is 8.68. The van der Waals surface area contributed by atoms with E-state index in [2.05, 4.69) is 18.2 Å². The molecule has 0 bridgehead atoms. The Morgan fingerprint density at radius 1 is 1.46 bits per heavy atom. The topological polar surface area (TPSA) is 12.0 Å². The molecule has 13 heavy (non-hydrogen) atoms. The summed E-state index contributed by atoms with van der Waals surface area (Å²) in [7, 11) is 0. The predicted molar refractivity (Wildman–Crippen MR) is 57.4 cm³/mol. The van der Waals surface area contributed by atoms with E-state index >= 15 is 0 Å². The van der Waals surface area contributed by atoms with Gasteiger partial charge in [0.25, 0.3) is 0 Å². The first-order valence-electron chi connectivity index (χ1n) is 5.47. The molecule has 1 saturated carbocycles. The molecule has 1 heteroatoms. The van der Waals surface area contributed by atoms with Crippen molar-refractivity contribution in [3.8, 4) is 12.3 Å². The van der Waals surface area contributed by atoms with Crippen LogP contribution in [0.4, 0.5) is 0 Å². The normalized spacial score (nSPS) is 27.4. The van der Waals surface area contributed by atoms with E-state index in [1.165, 1.54) is 25.8 Å². The summed E-state index contributed by atoms with van der Waals surface area (Å²) in [5, 5.41) is 3.49. The lowest BCUT2D eigenvalue weighted by atomic mass is 10.1. The Bertz CT molecular complexity index is 168. The molecule has 0 aromatic carbocycles. The van der Waals surface area contributed by atoms with Gasteiger partial charge in [-0.25, -0.2) is 0 Å². The third-order valence-corrected chi connectivity index (χ3v) is 2.91. The van der Waals surface area contributed by atoms with Crippen LogP contribution in [0.2, 0.25) is 0 Å². The van der Waals surface area contributed by atoms with Crippen LogP contribution in [0.15, 0.2) is 0 Å². The Hall–Kier alpha value is -0.480. The lowest BCUT2D eigenvalue weighted by molar-refractivity contribution is 0.469. The Balaban J connectivity index is 1.92. The Kier molecular flexibility index (Phi) is 4.93. The summed E-state index contributed by atoms with van der Waals surface area (Å²) in [4.78, 5) is 0. The third kappa shape index (κ3) is 4.33. The molecule has 0 aromatic heterocycles. The van der Waals surface area contributed by atoms with Crippen molar-refractivity contribution in [2.24, 2.45) is 11.8 Å². The Morgan fingerprint density at radius 2 is 2.31 bits per heavy atom. The maximum Gasteiger partial charge on any atom is 0.00981 e. The van der Waals surface area contributed by atoms with Gasteiger partial charge in [-0.1, -0.05) is 13.3 Å². The van der Waals surface area contributed by atoms with Crippen LogP contribution in [0.3, 0.4) is 0 Å². The lowest BCUT2D eigenvalue weighted by Gasteiger charge is -2.10. The molecule has 1 aliphatic rings. The van der Waals surface area contributed by atoms with Gasteiger partial charge in [-0.2, -0.15) is 0 Å². The summed E-state index contributed by atoms with van der Waals surface area (Å²) in [6.45, 7) is 4.66. The molecule has 0 saturated heterocycles. The van der Waals surface area contributed by atoms with E-state index in [1.54, 1.807) is 0 Å². The van der Waals surface area contributed by atoms with Crippen LogP contribution in [0.5, 0.6) is 0 Å². The summed E-state index contributed by atoms with van der Waals surface area (Å²) in [5.74, 6) is 4.55. The molecule has 2 unspecified atom stereocenters. The first kappa shape index (κ1) is 10.6. The molecule has 0 aromatic rings. The predicted octanol–water partition coefficient (Wildman–Crippen LogP) is 2.43. The van der Waals surface area contributed by atoms with Crippen molar-refractivity contribution >= 4 is 0 Å². The van der Waals surface area contributed by atoms with Gasteiger partial charge in [0.15, 0.2) is 0 Å². The number of hydrogen-bond acceptors (Lipinski definition) is 1. The second-order valence-electron chi connectivity index (χ2n) is 4.30. The van der Waals surface area contributed by atoms with Crippen LogP contribution in [-0.2, 0) is 0 Å². The molecule has 74 valence electrons. The Labute approximate surface area is 82.3 Å². The largest absolute Gasteiger partial charge is 0.316 e. The molecule has 0 spiro atoms. The smallest absolute Gasteiger partial charge is 0.00981 e. The molecule has 1 aliphatic carbocycles. The molecule has 0 radical (unpaired) electrons. The van der Waals surface area contributed by atoms with Crippen LogP contribution >= 0.6 is 0 Å². The molecular weight excluding hydrogens is 158 g/mol. The highest BCUT2D eigenvalue weighted by molar-refractivity contribution is 4.83. The minimum Gasteiger partial charge on any atom is -0.316 e. The molecule has 1 rings (SSSR count). The van der Waals surface area contributed by atoms with Gasteiger partial charge in [0.05, 0.1) is 0 Å². The maximum absolute atomic E-state index is 5.17. The van der Waals surface area contributed by atoms with Crippen molar-refractivity contribution in [1.82, 2.24) is 5.32 Å². The van der Waals surface area contributed by atoms with Crippen molar-refractivity contribution < 1.29 is 0 Å². The monoisotopic (exact) mass is 179 g/mol. The fourth-order valence-corrected chi connectivity index (χ4v) is 2.13. The molecule has 1 N–H and O–H groups in total. The van der Waals surface area contributed by atoms with Gasteiger partial charge in [-0.05, 0) is 44.2 Å². The van der Waals surface area contributed by atoms with Crippen LogP contribution in [0.1, 0.15) is 39.0 Å². The standard InChI is InChI=1S/C12H21N/c1-3-4-5-8-13-10-12-7-6-11(2)9-12/h1,11-13H,4-10H2,2H3. The number of unbranched alkanes of at least 4 members (excludes halogenated alkanes) is 1. The highest BCUT2D eigenvalue weighted by atomic mass is 14.9. The van der Waals surface area contributed by atoms with E-state index < -0.39 is 0 Å². The van der Waals surface area contributed by atoms with Crippen molar-refractivity contribution in [2.75, 3.05) is 13.1 Å². The lowest BCUT2D eigenvalue weighted by Crippen LogP contribution is -2.22. The fourth-order valence-electron chi connectivity index (χ4n) is 2.13. The van der Waals surface area contributed by atoms with Gasteiger partial charge in [-0.3, -0.25) is 0 Å². The average Bonchev–Trinajstić information content (AvgIpc) is 2.51. The van der Waals surface area contributed by atoms with Gasteiger partial charge < -0.3 is 5.32 Å². The molecular formula is C12H21N. The summed E-state index contributed by atoms with van der Waals surface area (Å²) in [5.41, 5.74) is 0. The summed E-state index contributed by atoms with van der Waals surface area (Å²) in [6.07, 6.45) is 11.5. The Morgan fingerprint density at radius 3 is 2.92 bits per heavy atom. The zero-order chi connectivity index (χ0) is 9.52. The number of rotatable bonds is 5. The van der Waals surface area contributed by atoms with Crippen molar-refractivity contribution in [1.29, 1.82) is 0 Å². The van der Waals surface area contributed by atoms with Crippen molar-refractivity contribution in [3.05, 3.63) is 0 Å². The van der Waals surface area contributed by atoms with E-state index in [0.29, 0.717) is 0 Å². The third-order valence-electron chi connectivity index (χ3n) is 2.91. The van der Waals surface area contributed by atoms with Gasteiger partial charge in [0, 0.05) is 6.42 Å². The zero-order valence-corrected chi connectivity index (χ0v) is 8.68. The van der Waals surface area contributed by atoms with E-state index in [4.69, 9.17) is 6.42 Å². The van der Waals surface area contributed by atoms with Gasteiger partial charge in [0.2, 0.25) is 0 Å². The number of terminal acetylenes is 1. The molecule has 1 fully saturated rings. The van der Waals surface area contributed by atoms with Crippen molar-refractivity contribution in [3.63, 3.8) is 0 Å². The second kappa shape index (κ2) is 6.05. The average molecular weight is 179 g/mol. The number of hydrogen-bond donors (Lipinski definition) is 1. The van der Waals surface area contributed by atoms with Gasteiger partial charge in [-0.15, -0.1) is 12.3 Å². The first-order chi connectivity index (χ1) is 6.33. The molecule has 2 atom stereocenters. The van der Waals surface area contributed by atoms with Crippen LogP contribution in [0, 0.1) is 24.2 Å². The summed E-state index contributed by atoms with van der Waals surface area (Å²) in [6, 6.07) is 0. The highest BCUT2D eigenvalue weighted by Crippen LogP contribution is 2.29. The van der Waals surface area contributed by atoms with E-state index in [1.807, 2.05) is 0 Å². The molecule has 1 nitrogen and oxygen atoms in total. The second-order valence-corrected chi connectivity index (χ2v) is 4.30. The van der Waals surface area contributed by atoms with Crippen molar-refractivity contribution in [2.45, 2.75) is 39.0 Å². The minimum atomic E-state index is 0.911. The maximum atomic E-state index is 5.17. The number of nitrogens with one attached hydrogen (secondary N) is 1. The van der Waals surface area contributed by atoms with Gasteiger partial charge >= 0.3 is 0 Å². The molecule has 0 aliphatic heterocycles. The SMILES string of the molecule is C#CCCCNCC1CCC(C)C1. The quantitative estimate of drug-likeness (QED) is 0.505. The van der Waals surface area contributed by atoms with Crippen LogP contribution < -0.4 is 5.32 Å². The molecule has 0 amide bonds. The van der Waals surface area contributed by atoms with Crippen LogP contribution in [0.25, 0.3) is 0 Å². The van der Waals surface area contributed by atoms with E-state index in [-0.39, 0.29) is 0 Å². The van der Waals surface area contributed by atoms with E-state index in [9.17, 15) is 0 Å². The first-order valence-corrected chi connectivity index (χ1v) is 5.47. The van der Waals surface area contributed by atoms with Crippen LogP contribution in [-0.4, -0.2) is 13.1 Å².